The van der Waals surface area contributed by atoms with E-state index < -0.39 is 5.97 Å². The molecule has 0 amide bonds. The van der Waals surface area contributed by atoms with E-state index in [2.05, 4.69) is 0 Å². The second-order valence-corrected chi connectivity index (χ2v) is 14.9. The van der Waals surface area contributed by atoms with Crippen LogP contribution in [-0.2, 0) is 38.4 Å². The van der Waals surface area contributed by atoms with Crippen LogP contribution in [-0.4, -0.2) is 116 Å². The standard InChI is InChI=1S/C20H36O10S7/c21-3-1-18(23)26-5-8-31-14-32-9-6-29-30-7-10-33-15-35-13-28-20(25)11-34-16-37-17-36-12-27-19(24)2-4-22/h21-22H,1-17H2. The Labute approximate surface area is 248 Å². The minimum atomic E-state index is -0.403. The zero-order chi connectivity index (χ0) is 27.2. The Morgan fingerprint density at radius 1 is 0.514 bits per heavy atom. The van der Waals surface area contributed by atoms with Crippen molar-refractivity contribution in [3.8, 4) is 0 Å². The van der Waals surface area contributed by atoms with Crippen LogP contribution in [0.5, 0.6) is 0 Å². The van der Waals surface area contributed by atoms with E-state index >= 15 is 0 Å². The van der Waals surface area contributed by atoms with Crippen molar-refractivity contribution in [3.05, 3.63) is 0 Å². The summed E-state index contributed by atoms with van der Waals surface area (Å²) in [5.74, 6) is 2.21. The van der Waals surface area contributed by atoms with Crippen LogP contribution in [0.1, 0.15) is 12.8 Å². The quantitative estimate of drug-likeness (QED) is 0.0317. The molecule has 0 radical (unpaired) electrons. The van der Waals surface area contributed by atoms with Crippen molar-refractivity contribution in [2.45, 2.75) is 12.8 Å². The van der Waals surface area contributed by atoms with Crippen LogP contribution in [0.15, 0.2) is 0 Å². The van der Waals surface area contributed by atoms with Gasteiger partial charge in [-0.1, -0.05) is 0 Å². The number of esters is 3. The van der Waals surface area contributed by atoms with Gasteiger partial charge in [-0.15, -0.1) is 82.3 Å². The second-order valence-electron chi connectivity index (χ2n) is 6.24. The van der Waals surface area contributed by atoms with Gasteiger partial charge in [0.25, 0.3) is 0 Å². The number of aliphatic hydroxyl groups is 2. The second kappa shape index (κ2) is 31.2. The summed E-state index contributed by atoms with van der Waals surface area (Å²) in [5.41, 5.74) is 0. The van der Waals surface area contributed by atoms with Gasteiger partial charge >= 0.3 is 17.9 Å². The van der Waals surface area contributed by atoms with E-state index in [0.29, 0.717) is 31.5 Å². The van der Waals surface area contributed by atoms with Gasteiger partial charge in [0.2, 0.25) is 0 Å². The van der Waals surface area contributed by atoms with Crippen molar-refractivity contribution in [2.24, 2.45) is 0 Å². The van der Waals surface area contributed by atoms with Gasteiger partial charge < -0.3 is 24.4 Å². The summed E-state index contributed by atoms with van der Waals surface area (Å²) in [7, 11) is 0. The summed E-state index contributed by atoms with van der Waals surface area (Å²) in [5, 5.41) is 20.4. The monoisotopic (exact) mass is 660 g/mol. The molecule has 0 aromatic rings. The maximum Gasteiger partial charge on any atom is 0.316 e. The van der Waals surface area contributed by atoms with Crippen LogP contribution in [0.3, 0.4) is 0 Å². The van der Waals surface area contributed by atoms with Crippen LogP contribution in [0.2, 0.25) is 0 Å². The highest BCUT2D eigenvalue weighted by Gasteiger charge is 2.04. The molecule has 0 heterocycles. The summed E-state index contributed by atoms with van der Waals surface area (Å²) < 4.78 is 15.0. The summed E-state index contributed by atoms with van der Waals surface area (Å²) in [4.78, 5) is 44.0. The lowest BCUT2D eigenvalue weighted by Gasteiger charge is -2.06. The average molecular weight is 661 g/mol. The van der Waals surface area contributed by atoms with Crippen LogP contribution in [0, 0.1) is 0 Å². The predicted molar refractivity (Wildman–Crippen MR) is 160 cm³/mol. The van der Waals surface area contributed by atoms with Crippen LogP contribution < -0.4 is 0 Å². The first-order valence-corrected chi connectivity index (χ1v) is 19.2. The summed E-state index contributed by atoms with van der Waals surface area (Å²) in [6, 6.07) is 0. The molecule has 0 spiro atoms. The summed E-state index contributed by atoms with van der Waals surface area (Å²) >= 11 is 11.2. The molecule has 0 saturated heterocycles. The molecule has 0 unspecified atom stereocenters. The van der Waals surface area contributed by atoms with Gasteiger partial charge in [-0.25, -0.2) is 9.78 Å². The molecule has 0 aliphatic rings. The van der Waals surface area contributed by atoms with Gasteiger partial charge in [0.1, 0.15) is 18.5 Å². The van der Waals surface area contributed by atoms with E-state index in [1.807, 2.05) is 0 Å². The number of aliphatic hydroxyl groups excluding tert-OH is 2. The van der Waals surface area contributed by atoms with Gasteiger partial charge in [0, 0.05) is 37.6 Å². The van der Waals surface area contributed by atoms with E-state index in [1.54, 1.807) is 47.0 Å². The zero-order valence-electron chi connectivity index (χ0n) is 20.5. The fraction of sp³-hybridized carbons (Fsp3) is 0.850. The highest BCUT2D eigenvalue weighted by molar-refractivity contribution is 8.22. The van der Waals surface area contributed by atoms with Crippen LogP contribution in [0.4, 0.5) is 0 Å². The fourth-order valence-electron chi connectivity index (χ4n) is 1.74. The first-order valence-electron chi connectivity index (χ1n) is 11.1. The first kappa shape index (κ1) is 37.7. The number of carbonyl (C=O) groups excluding carboxylic acids is 3. The number of carbonyl (C=O) groups is 3. The lowest BCUT2D eigenvalue weighted by Crippen LogP contribution is -2.08. The van der Waals surface area contributed by atoms with Gasteiger partial charge in [0.15, 0.2) is 0 Å². The van der Waals surface area contributed by atoms with E-state index in [4.69, 9.17) is 34.2 Å². The predicted octanol–water partition coefficient (Wildman–Crippen LogP) is 3.21. The molecular weight excluding hydrogens is 625 g/mol. The molecule has 0 rings (SSSR count). The molecule has 218 valence electrons. The molecule has 2 N–H and O–H groups in total. The molecule has 0 atom stereocenters. The Hall–Kier alpha value is 0.700. The van der Waals surface area contributed by atoms with E-state index in [-0.39, 0.29) is 43.9 Å². The van der Waals surface area contributed by atoms with Crippen molar-refractivity contribution in [1.29, 1.82) is 0 Å². The van der Waals surface area contributed by atoms with Crippen molar-refractivity contribution in [3.63, 3.8) is 0 Å². The average Bonchev–Trinajstić information content (AvgIpc) is 2.87. The fourth-order valence-corrected chi connectivity index (χ4v) is 8.06. The molecule has 0 aliphatic heterocycles. The molecule has 0 fully saturated rings. The van der Waals surface area contributed by atoms with E-state index in [9.17, 15) is 14.4 Å². The third-order valence-electron chi connectivity index (χ3n) is 3.32. The Bertz CT molecular complexity index is 564. The highest BCUT2D eigenvalue weighted by atomic mass is 32.2. The van der Waals surface area contributed by atoms with Crippen molar-refractivity contribution in [1.82, 2.24) is 0 Å². The molecule has 0 bridgehead atoms. The largest absolute Gasteiger partial charge is 0.465 e. The molecule has 0 aromatic heterocycles. The summed E-state index contributed by atoms with van der Waals surface area (Å²) in [6.45, 7) is 0.965. The van der Waals surface area contributed by atoms with Gasteiger partial charge in [-0.3, -0.25) is 14.4 Å². The molecule has 0 aliphatic carbocycles. The molecular formula is C20H36O10S7. The normalized spacial score (nSPS) is 10.9. The lowest BCUT2D eigenvalue weighted by molar-refractivity contribution is -0.285. The topological polar surface area (TPSA) is 138 Å². The number of thioether (sulfide) groups is 7. The number of rotatable bonds is 28. The van der Waals surface area contributed by atoms with Gasteiger partial charge in [-0.2, -0.15) is 0 Å². The number of ether oxygens (including phenoxy) is 3. The zero-order valence-corrected chi connectivity index (χ0v) is 26.3. The molecule has 37 heavy (non-hydrogen) atoms. The van der Waals surface area contributed by atoms with Gasteiger partial charge in [-0.05, 0) is 0 Å². The lowest BCUT2D eigenvalue weighted by atomic mass is 10.5. The molecule has 0 saturated carbocycles. The van der Waals surface area contributed by atoms with Crippen molar-refractivity contribution in [2.75, 3.05) is 88.3 Å². The third kappa shape index (κ3) is 31.1. The minimum Gasteiger partial charge on any atom is -0.465 e. The van der Waals surface area contributed by atoms with Crippen molar-refractivity contribution < 1.29 is 48.6 Å². The Morgan fingerprint density at radius 3 is 1.57 bits per heavy atom. The van der Waals surface area contributed by atoms with Crippen molar-refractivity contribution >= 4 is 100 Å². The van der Waals surface area contributed by atoms with E-state index in [1.165, 1.54) is 35.3 Å². The SMILES string of the molecule is O=C(CCO)OCCSCSCCOOCCSCSCOC(=O)CSCSCSCOC(=O)CCO. The Kier molecular flexibility index (Phi) is 31.8. The smallest absolute Gasteiger partial charge is 0.316 e. The Morgan fingerprint density at radius 2 is 0.973 bits per heavy atom. The van der Waals surface area contributed by atoms with E-state index in [0.717, 1.165) is 37.6 Å². The molecule has 17 heteroatoms. The maximum atomic E-state index is 11.7. The minimum absolute atomic E-state index is 0.0193. The number of hydrogen-bond acceptors (Lipinski definition) is 17. The highest BCUT2D eigenvalue weighted by Crippen LogP contribution is 2.18. The molecule has 0 aromatic carbocycles. The summed E-state index contributed by atoms with van der Waals surface area (Å²) in [6.07, 6.45) is 0.0634. The maximum absolute atomic E-state index is 11.7. The number of hydrogen-bond donors (Lipinski definition) is 2. The van der Waals surface area contributed by atoms with Gasteiger partial charge in [0.05, 0.1) is 45.0 Å². The third-order valence-corrected chi connectivity index (χ3v) is 11.0. The van der Waals surface area contributed by atoms with Crippen LogP contribution >= 0.6 is 82.3 Å². The molecule has 10 nitrogen and oxygen atoms in total. The Balaban J connectivity index is 3.20. The first-order chi connectivity index (χ1) is 18.1. The van der Waals surface area contributed by atoms with Crippen LogP contribution in [0.25, 0.3) is 0 Å².